The minimum Gasteiger partial charge on any atom is -0.481 e. The third kappa shape index (κ3) is 65.9. The molecule has 0 spiro atoms. The van der Waals surface area contributed by atoms with Crippen LogP contribution in [0.2, 0.25) is 0 Å². The predicted molar refractivity (Wildman–Crippen MR) is 98.3 cm³/mol. The summed E-state index contributed by atoms with van der Waals surface area (Å²) in [4.78, 5) is 75.4. The highest BCUT2D eigenvalue weighted by Crippen LogP contribution is 1.80. The Morgan fingerprint density at radius 3 is 0.576 bits per heavy atom. The van der Waals surface area contributed by atoms with Crippen molar-refractivity contribution in [2.24, 2.45) is 0 Å². The fraction of sp³-hybridized carbons (Fsp3) is 0.250. The Hall–Kier alpha value is -4.96. The van der Waals surface area contributed by atoms with Gasteiger partial charge in [0.25, 0.3) is 0 Å². The maximum atomic E-state index is 9.43. The van der Waals surface area contributed by atoms with Gasteiger partial charge in [-0.2, -0.15) is 0 Å². The fourth-order valence-electron chi connectivity index (χ4n) is 0.744. The van der Waals surface area contributed by atoms with Crippen molar-refractivity contribution >= 4 is 47.8 Å². The zero-order chi connectivity index (χ0) is 27.0. The summed E-state index contributed by atoms with van der Waals surface area (Å²) in [5, 5.41) is 61.6. The van der Waals surface area contributed by atoms with Crippen molar-refractivity contribution in [3.05, 3.63) is 24.7 Å². The van der Waals surface area contributed by atoms with Crippen molar-refractivity contribution in [2.45, 2.75) is 25.7 Å². The SMILES string of the molecule is O=C(O)CC(=O)O.O=C(O)CC(=O)O.O=C(O)CC(=O)O.O=C(O)CC(=O)O.c1ccoc1. The van der Waals surface area contributed by atoms with E-state index in [2.05, 4.69) is 4.42 Å². The summed E-state index contributed by atoms with van der Waals surface area (Å²) in [5.74, 6) is -10.5. The van der Waals surface area contributed by atoms with Gasteiger partial charge in [0.2, 0.25) is 0 Å². The number of furan rings is 1. The van der Waals surface area contributed by atoms with Gasteiger partial charge >= 0.3 is 47.8 Å². The Bertz CT molecular complexity index is 593. The second kappa shape index (κ2) is 23.3. The van der Waals surface area contributed by atoms with Crippen LogP contribution in [0.5, 0.6) is 0 Å². The smallest absolute Gasteiger partial charge is 0.314 e. The van der Waals surface area contributed by atoms with Gasteiger partial charge in [-0.25, -0.2) is 0 Å². The summed E-state index contributed by atoms with van der Waals surface area (Å²) in [6.45, 7) is 0. The summed E-state index contributed by atoms with van der Waals surface area (Å²) >= 11 is 0. The van der Waals surface area contributed by atoms with Crippen LogP contribution in [0.3, 0.4) is 0 Å². The summed E-state index contributed by atoms with van der Waals surface area (Å²) in [7, 11) is 0. The number of hydrogen-bond donors (Lipinski definition) is 8. The first-order valence-electron chi connectivity index (χ1n) is 7.72. The van der Waals surface area contributed by atoms with Gasteiger partial charge in [0, 0.05) is 0 Å². The van der Waals surface area contributed by atoms with Gasteiger partial charge in [-0.05, 0) is 12.1 Å². The molecule has 1 aromatic heterocycles. The molecule has 8 N–H and O–H groups in total. The van der Waals surface area contributed by atoms with Crippen LogP contribution in [0, 0.1) is 0 Å². The van der Waals surface area contributed by atoms with Gasteiger partial charge in [-0.1, -0.05) is 0 Å². The number of carbonyl (C=O) groups is 8. The molecule has 0 amide bonds. The highest BCUT2D eigenvalue weighted by molar-refractivity contribution is 5.90. The number of rotatable bonds is 8. The molecule has 0 atom stereocenters. The quantitative estimate of drug-likeness (QED) is 0.215. The van der Waals surface area contributed by atoms with Gasteiger partial charge in [0.15, 0.2) is 0 Å². The average Bonchev–Trinajstić information content (AvgIpc) is 3.10. The average molecular weight is 484 g/mol. The molecule has 0 saturated carbocycles. The Labute approximate surface area is 182 Å². The second-order valence-electron chi connectivity index (χ2n) is 4.65. The van der Waals surface area contributed by atoms with E-state index in [-0.39, 0.29) is 0 Å². The van der Waals surface area contributed by atoms with E-state index in [4.69, 9.17) is 40.9 Å². The summed E-state index contributed by atoms with van der Waals surface area (Å²) in [6, 6.07) is 3.67. The number of hydrogen-bond acceptors (Lipinski definition) is 9. The molecule has 1 aromatic rings. The molecule has 0 fully saturated rings. The Morgan fingerprint density at radius 1 is 0.394 bits per heavy atom. The Morgan fingerprint density at radius 2 is 0.545 bits per heavy atom. The summed E-state index contributed by atoms with van der Waals surface area (Å²) in [6.07, 6.45) is 0.0278. The first-order valence-corrected chi connectivity index (χ1v) is 7.72. The molecule has 33 heavy (non-hydrogen) atoms. The zero-order valence-corrected chi connectivity index (χ0v) is 16.4. The van der Waals surface area contributed by atoms with E-state index in [1.807, 2.05) is 12.1 Å². The molecular weight excluding hydrogens is 464 g/mol. The van der Waals surface area contributed by atoms with Crippen LogP contribution in [0.15, 0.2) is 29.1 Å². The molecule has 0 aromatic carbocycles. The van der Waals surface area contributed by atoms with Crippen molar-refractivity contribution in [3.63, 3.8) is 0 Å². The minimum absolute atomic E-state index is 0.806. The van der Waals surface area contributed by atoms with Crippen LogP contribution in [-0.2, 0) is 38.4 Å². The number of carboxylic acids is 8. The topological polar surface area (TPSA) is 312 Å². The van der Waals surface area contributed by atoms with Crippen LogP contribution in [0.25, 0.3) is 0 Å². The van der Waals surface area contributed by atoms with E-state index < -0.39 is 73.4 Å². The molecule has 0 aliphatic carbocycles. The van der Waals surface area contributed by atoms with Gasteiger partial charge in [-0.15, -0.1) is 0 Å². The molecule has 0 aliphatic heterocycles. The fourth-order valence-corrected chi connectivity index (χ4v) is 0.744. The van der Waals surface area contributed by atoms with E-state index in [0.717, 1.165) is 0 Å². The maximum absolute atomic E-state index is 9.43. The first-order chi connectivity index (χ1) is 15.0. The van der Waals surface area contributed by atoms with Crippen LogP contribution >= 0.6 is 0 Å². The lowest BCUT2D eigenvalue weighted by Crippen LogP contribution is -2.03. The molecule has 1 rings (SSSR count). The summed E-state index contributed by atoms with van der Waals surface area (Å²) < 4.78 is 4.58. The van der Waals surface area contributed by atoms with Crippen LogP contribution in [0.1, 0.15) is 25.7 Å². The van der Waals surface area contributed by atoms with E-state index in [1.165, 1.54) is 0 Å². The standard InChI is InChI=1S/C4H4O.4C3H4O4/c1-2-4-5-3-1;4*4-2(5)1-3(6)7/h1-4H;4*1H2,(H,4,5)(H,6,7). The van der Waals surface area contributed by atoms with Crippen molar-refractivity contribution in [1.82, 2.24) is 0 Å². The largest absolute Gasteiger partial charge is 0.481 e. The van der Waals surface area contributed by atoms with Crippen molar-refractivity contribution in [1.29, 1.82) is 0 Å². The highest BCUT2D eigenvalue weighted by Gasteiger charge is 2.03. The molecule has 0 radical (unpaired) electrons. The Balaban J connectivity index is -0.000000160. The van der Waals surface area contributed by atoms with Crippen LogP contribution in [0.4, 0.5) is 0 Å². The zero-order valence-electron chi connectivity index (χ0n) is 16.4. The lowest BCUT2D eigenvalue weighted by molar-refractivity contribution is -0.149. The number of carboxylic acid groups (broad SMARTS) is 8. The maximum Gasteiger partial charge on any atom is 0.314 e. The minimum atomic E-state index is -1.31. The first kappa shape index (κ1) is 35.5. The van der Waals surface area contributed by atoms with Gasteiger partial charge in [0.1, 0.15) is 25.7 Å². The van der Waals surface area contributed by atoms with E-state index >= 15 is 0 Å². The highest BCUT2D eigenvalue weighted by atomic mass is 16.4. The predicted octanol–water partition coefficient (Wildman–Crippen LogP) is -0.538. The third-order valence-electron chi connectivity index (χ3n) is 1.64. The molecule has 17 nitrogen and oxygen atoms in total. The van der Waals surface area contributed by atoms with Crippen molar-refractivity contribution < 1.29 is 83.6 Å². The van der Waals surface area contributed by atoms with Crippen molar-refractivity contribution in [3.8, 4) is 0 Å². The van der Waals surface area contributed by atoms with Gasteiger partial charge < -0.3 is 45.3 Å². The van der Waals surface area contributed by atoms with E-state index in [9.17, 15) is 38.4 Å². The lowest BCUT2D eigenvalue weighted by atomic mass is 10.5. The summed E-state index contributed by atoms with van der Waals surface area (Å²) in [5.41, 5.74) is 0. The molecule has 0 aliphatic rings. The van der Waals surface area contributed by atoms with Crippen molar-refractivity contribution in [2.75, 3.05) is 0 Å². The molecule has 17 heteroatoms. The monoisotopic (exact) mass is 484 g/mol. The van der Waals surface area contributed by atoms with E-state index in [0.29, 0.717) is 0 Å². The van der Waals surface area contributed by atoms with Crippen LogP contribution < -0.4 is 0 Å². The van der Waals surface area contributed by atoms with E-state index in [1.54, 1.807) is 12.5 Å². The molecule has 0 unspecified atom stereocenters. The Kier molecular flexibility index (Phi) is 25.1. The molecule has 0 saturated heterocycles. The van der Waals surface area contributed by atoms with Gasteiger partial charge in [-0.3, -0.25) is 38.4 Å². The second-order valence-corrected chi connectivity index (χ2v) is 4.65. The third-order valence-corrected chi connectivity index (χ3v) is 1.64. The van der Waals surface area contributed by atoms with Crippen LogP contribution in [-0.4, -0.2) is 88.6 Å². The molecule has 0 bridgehead atoms. The van der Waals surface area contributed by atoms with Gasteiger partial charge in [0.05, 0.1) is 12.5 Å². The molecular formula is C16H20O17. The lowest BCUT2D eigenvalue weighted by Gasteiger charge is -1.80. The normalized spacial score (nSPS) is 8.00. The molecule has 186 valence electrons. The number of aliphatic carboxylic acids is 8. The molecule has 1 heterocycles.